The summed E-state index contributed by atoms with van der Waals surface area (Å²) in [6, 6.07) is 13.2. The quantitative estimate of drug-likeness (QED) is 0.0807. The van der Waals surface area contributed by atoms with Crippen LogP contribution in [0.3, 0.4) is 0 Å². The van der Waals surface area contributed by atoms with Crippen LogP contribution in [-0.4, -0.2) is 0 Å². The van der Waals surface area contributed by atoms with Crippen molar-refractivity contribution in [2.75, 3.05) is 0 Å². The minimum absolute atomic E-state index is 0.167. The van der Waals surface area contributed by atoms with Crippen molar-refractivity contribution in [2.45, 2.75) is 129 Å². The summed E-state index contributed by atoms with van der Waals surface area (Å²) in [7, 11) is 0. The highest BCUT2D eigenvalue weighted by atomic mass is 19.2. The average Bonchev–Trinajstić information content (AvgIpc) is 3.13. The predicted molar refractivity (Wildman–Crippen MR) is 198 cm³/mol. The van der Waals surface area contributed by atoms with Gasteiger partial charge in [0.15, 0.2) is 23.3 Å². The maximum Gasteiger partial charge on any atom is 0.167 e. The zero-order chi connectivity index (χ0) is 34.6. The van der Waals surface area contributed by atoms with Crippen LogP contribution in [0.1, 0.15) is 134 Å². The lowest BCUT2D eigenvalue weighted by Crippen LogP contribution is -2.23. The third kappa shape index (κ3) is 9.77. The molecule has 0 heterocycles. The van der Waals surface area contributed by atoms with E-state index in [1.54, 1.807) is 48.5 Å². The molecule has 2 aliphatic rings. The van der Waals surface area contributed by atoms with Crippen LogP contribution in [0.25, 0.3) is 27.8 Å². The molecule has 0 saturated heterocycles. The maximum absolute atomic E-state index is 15.5. The van der Waals surface area contributed by atoms with Gasteiger partial charge in [-0.3, -0.25) is 0 Å². The van der Waals surface area contributed by atoms with Gasteiger partial charge >= 0.3 is 0 Å². The van der Waals surface area contributed by atoms with E-state index in [-0.39, 0.29) is 11.1 Å². The van der Waals surface area contributed by atoms with E-state index >= 15 is 17.6 Å². The third-order valence-electron chi connectivity index (χ3n) is 11.4. The molecule has 0 nitrogen and oxygen atoms in total. The van der Waals surface area contributed by atoms with E-state index in [1.165, 1.54) is 70.6 Å². The SMILES string of the molecule is CC=CCCC1CCC(C2CC=C(c3ccc(-c4ccc(-c5ccc(CCCCCCCCCC)c(F)c5F)cc4)c(F)c3F)CC2)CC1. The van der Waals surface area contributed by atoms with Gasteiger partial charge < -0.3 is 0 Å². The normalized spacial score (nSPS) is 19.8. The Balaban J connectivity index is 1.17. The van der Waals surface area contributed by atoms with Gasteiger partial charge in [-0.05, 0) is 105 Å². The Morgan fingerprint density at radius 3 is 1.80 bits per heavy atom. The largest absolute Gasteiger partial charge is 0.203 e. The molecule has 49 heavy (non-hydrogen) atoms. The number of aryl methyl sites for hydroxylation is 1. The first-order valence-electron chi connectivity index (χ1n) is 19.3. The van der Waals surface area contributed by atoms with Crippen LogP contribution in [0, 0.1) is 41.0 Å². The second kappa shape index (κ2) is 18.7. The van der Waals surface area contributed by atoms with Crippen LogP contribution in [0.2, 0.25) is 0 Å². The Labute approximate surface area is 293 Å². The van der Waals surface area contributed by atoms with Crippen LogP contribution in [0.4, 0.5) is 17.6 Å². The maximum atomic E-state index is 15.5. The molecule has 0 N–H and O–H groups in total. The molecule has 3 aromatic rings. The lowest BCUT2D eigenvalue weighted by molar-refractivity contribution is 0.190. The number of hydrogen-bond acceptors (Lipinski definition) is 0. The van der Waals surface area contributed by atoms with Crippen molar-refractivity contribution in [3.05, 3.63) is 101 Å². The molecule has 264 valence electrons. The molecule has 0 radical (unpaired) electrons. The van der Waals surface area contributed by atoms with Gasteiger partial charge in [-0.25, -0.2) is 17.6 Å². The van der Waals surface area contributed by atoms with E-state index < -0.39 is 23.3 Å². The number of benzene rings is 3. The predicted octanol–water partition coefficient (Wildman–Crippen LogP) is 14.6. The van der Waals surface area contributed by atoms with Crippen molar-refractivity contribution < 1.29 is 17.6 Å². The van der Waals surface area contributed by atoms with Gasteiger partial charge in [0.25, 0.3) is 0 Å². The summed E-state index contributed by atoms with van der Waals surface area (Å²) in [4.78, 5) is 0. The molecule has 0 amide bonds. The van der Waals surface area contributed by atoms with Crippen LogP contribution < -0.4 is 0 Å². The second-order valence-electron chi connectivity index (χ2n) is 14.7. The molecule has 3 aromatic carbocycles. The standard InChI is InChI=1S/C45H56F4/c1-3-5-7-8-9-10-11-13-15-38-28-29-39(43(47)42(38)46)36-24-26-37(27-25-36)41-31-30-40(44(48)45(41)49)35-22-20-34(21-23-35)33-18-16-32(17-19-33)14-12-6-4-2/h4,6,22,24-34H,3,5,7-21,23H2,1-2H3. The summed E-state index contributed by atoms with van der Waals surface area (Å²) in [5.41, 5.74) is 3.00. The number of rotatable bonds is 16. The Hall–Kier alpha value is -3.14. The summed E-state index contributed by atoms with van der Waals surface area (Å²) >= 11 is 0. The van der Waals surface area contributed by atoms with Crippen molar-refractivity contribution in [2.24, 2.45) is 17.8 Å². The number of hydrogen-bond donors (Lipinski definition) is 0. The fraction of sp³-hybridized carbons (Fsp3) is 0.511. The van der Waals surface area contributed by atoms with Crippen molar-refractivity contribution in [3.63, 3.8) is 0 Å². The minimum atomic E-state index is -0.868. The van der Waals surface area contributed by atoms with E-state index in [1.807, 2.05) is 0 Å². The van der Waals surface area contributed by atoms with Gasteiger partial charge in [-0.1, -0.05) is 131 Å². The highest BCUT2D eigenvalue weighted by molar-refractivity contribution is 5.74. The number of allylic oxidation sites excluding steroid dienone is 4. The van der Waals surface area contributed by atoms with Crippen molar-refractivity contribution in [3.8, 4) is 22.3 Å². The highest BCUT2D eigenvalue weighted by Crippen LogP contribution is 2.43. The number of halogens is 4. The molecule has 0 aliphatic heterocycles. The van der Waals surface area contributed by atoms with Gasteiger partial charge in [-0.15, -0.1) is 0 Å². The van der Waals surface area contributed by atoms with Crippen molar-refractivity contribution in [1.29, 1.82) is 0 Å². The van der Waals surface area contributed by atoms with E-state index in [2.05, 4.69) is 32.1 Å². The van der Waals surface area contributed by atoms with Crippen LogP contribution in [0.5, 0.6) is 0 Å². The first-order chi connectivity index (χ1) is 23.9. The summed E-state index contributed by atoms with van der Waals surface area (Å²) < 4.78 is 61.2. The Bertz CT molecular complexity index is 1540. The first kappa shape index (κ1) is 37.1. The zero-order valence-corrected chi connectivity index (χ0v) is 29.8. The van der Waals surface area contributed by atoms with E-state index in [4.69, 9.17) is 0 Å². The molecule has 1 unspecified atom stereocenters. The second-order valence-corrected chi connectivity index (χ2v) is 14.7. The molecule has 1 fully saturated rings. The molecule has 1 atom stereocenters. The lowest BCUT2D eigenvalue weighted by atomic mass is 9.70. The fourth-order valence-electron chi connectivity index (χ4n) is 8.28. The molecule has 1 saturated carbocycles. The van der Waals surface area contributed by atoms with Crippen LogP contribution in [-0.2, 0) is 6.42 Å². The van der Waals surface area contributed by atoms with Crippen LogP contribution >= 0.6 is 0 Å². The zero-order valence-electron chi connectivity index (χ0n) is 29.8. The summed E-state index contributed by atoms with van der Waals surface area (Å²) in [5.74, 6) is -1.11. The molecule has 2 aliphatic carbocycles. The molecular weight excluding hydrogens is 616 g/mol. The van der Waals surface area contributed by atoms with Gasteiger partial charge in [-0.2, -0.15) is 0 Å². The summed E-state index contributed by atoms with van der Waals surface area (Å²) in [6.07, 6.45) is 26.7. The summed E-state index contributed by atoms with van der Waals surface area (Å²) in [6.45, 7) is 4.29. The highest BCUT2D eigenvalue weighted by Gasteiger charge is 2.29. The minimum Gasteiger partial charge on any atom is -0.203 e. The number of unbranched alkanes of at least 4 members (excludes halogenated alkanes) is 7. The summed E-state index contributed by atoms with van der Waals surface area (Å²) in [5, 5.41) is 0. The van der Waals surface area contributed by atoms with E-state index in [9.17, 15) is 0 Å². The van der Waals surface area contributed by atoms with Gasteiger partial charge in [0.05, 0.1) is 0 Å². The molecular formula is C45H56F4. The molecule has 0 aromatic heterocycles. The van der Waals surface area contributed by atoms with Gasteiger partial charge in [0.1, 0.15) is 0 Å². The molecule has 5 rings (SSSR count). The Kier molecular flexibility index (Phi) is 14.2. The van der Waals surface area contributed by atoms with Crippen molar-refractivity contribution in [1.82, 2.24) is 0 Å². The Morgan fingerprint density at radius 1 is 0.612 bits per heavy atom. The average molecular weight is 673 g/mol. The monoisotopic (exact) mass is 672 g/mol. The van der Waals surface area contributed by atoms with Crippen LogP contribution in [0.15, 0.2) is 66.8 Å². The lowest BCUT2D eigenvalue weighted by Gasteiger charge is -2.35. The van der Waals surface area contributed by atoms with Crippen molar-refractivity contribution >= 4 is 5.57 Å². The fourth-order valence-corrected chi connectivity index (χ4v) is 8.28. The topological polar surface area (TPSA) is 0 Å². The molecule has 0 bridgehead atoms. The Morgan fingerprint density at radius 2 is 1.18 bits per heavy atom. The molecule has 4 heteroatoms. The smallest absolute Gasteiger partial charge is 0.167 e. The van der Waals surface area contributed by atoms with E-state index in [0.29, 0.717) is 34.6 Å². The van der Waals surface area contributed by atoms with E-state index in [0.717, 1.165) is 55.9 Å². The first-order valence-corrected chi connectivity index (χ1v) is 19.3. The molecule has 0 spiro atoms. The van der Waals surface area contributed by atoms with Gasteiger partial charge in [0, 0.05) is 16.7 Å². The van der Waals surface area contributed by atoms with Gasteiger partial charge in [0.2, 0.25) is 0 Å². The third-order valence-corrected chi connectivity index (χ3v) is 11.4.